The highest BCUT2D eigenvalue weighted by Gasteiger charge is 2.51. The van der Waals surface area contributed by atoms with Gasteiger partial charge in [0.25, 0.3) is 0 Å². The minimum Gasteiger partial charge on any atom is -0.497 e. The van der Waals surface area contributed by atoms with E-state index < -0.39 is 11.5 Å². The van der Waals surface area contributed by atoms with Gasteiger partial charge in [0.1, 0.15) is 5.75 Å². The van der Waals surface area contributed by atoms with E-state index in [0.29, 0.717) is 13.0 Å². The fraction of sp³-hybridized carbons (Fsp3) is 0.600. The molecule has 1 N–H and O–H groups in total. The number of hydrogen-bond acceptors (Lipinski definition) is 5. The SMILES string of the molecule is COc1ccc(COCC(O)CN2C(=O)CC3(CCCCC3)C2=O)cc1. The molecule has 1 spiro atoms. The normalized spacial score (nSPS) is 20.6. The summed E-state index contributed by atoms with van der Waals surface area (Å²) in [5.74, 6) is 0.513. The molecule has 1 aliphatic carbocycles. The van der Waals surface area contributed by atoms with Crippen molar-refractivity contribution >= 4 is 11.8 Å². The molecule has 1 unspecified atom stereocenters. The van der Waals surface area contributed by atoms with Crippen LogP contribution in [0, 0.1) is 5.41 Å². The van der Waals surface area contributed by atoms with E-state index in [9.17, 15) is 14.7 Å². The van der Waals surface area contributed by atoms with Gasteiger partial charge in [0.2, 0.25) is 11.8 Å². The molecular formula is C20H27NO5. The zero-order chi connectivity index (χ0) is 18.6. The summed E-state index contributed by atoms with van der Waals surface area (Å²) in [4.78, 5) is 26.3. The van der Waals surface area contributed by atoms with Crippen LogP contribution < -0.4 is 4.74 Å². The van der Waals surface area contributed by atoms with Gasteiger partial charge < -0.3 is 14.6 Å². The number of nitrogens with zero attached hydrogens (tertiary/aromatic N) is 1. The standard InChI is InChI=1S/C20H27NO5/c1-25-17-7-5-15(6-8-17)13-26-14-16(22)12-21-18(23)11-20(19(21)24)9-3-2-4-10-20/h5-8,16,22H,2-4,9-14H2,1H3. The van der Waals surface area contributed by atoms with E-state index in [4.69, 9.17) is 9.47 Å². The number of carbonyl (C=O) groups excluding carboxylic acids is 2. The summed E-state index contributed by atoms with van der Waals surface area (Å²) < 4.78 is 10.6. The molecule has 1 saturated carbocycles. The molecule has 1 atom stereocenters. The highest BCUT2D eigenvalue weighted by Crippen LogP contribution is 2.45. The van der Waals surface area contributed by atoms with Crippen molar-refractivity contribution in [2.24, 2.45) is 5.41 Å². The number of benzene rings is 1. The number of imide groups is 1. The Hall–Kier alpha value is -1.92. The monoisotopic (exact) mass is 361 g/mol. The number of β-amino-alcohol motifs (C(OH)–C–C–N with tert-alkyl or cyclic N) is 1. The molecule has 2 amide bonds. The summed E-state index contributed by atoms with van der Waals surface area (Å²) in [5.41, 5.74) is 0.464. The highest BCUT2D eigenvalue weighted by molar-refractivity contribution is 6.05. The summed E-state index contributed by atoms with van der Waals surface area (Å²) >= 11 is 0. The molecule has 0 bridgehead atoms. The van der Waals surface area contributed by atoms with E-state index >= 15 is 0 Å². The minimum atomic E-state index is -0.875. The molecule has 1 saturated heterocycles. The van der Waals surface area contributed by atoms with E-state index in [-0.39, 0.29) is 25.0 Å². The van der Waals surface area contributed by atoms with Crippen molar-refractivity contribution in [1.29, 1.82) is 0 Å². The van der Waals surface area contributed by atoms with Gasteiger partial charge in [-0.25, -0.2) is 0 Å². The van der Waals surface area contributed by atoms with E-state index in [1.54, 1.807) is 7.11 Å². The predicted octanol–water partition coefficient (Wildman–Crippen LogP) is 2.28. The number of ether oxygens (including phenoxy) is 2. The van der Waals surface area contributed by atoms with Gasteiger partial charge in [-0.05, 0) is 30.5 Å². The number of aliphatic hydroxyl groups excluding tert-OH is 1. The largest absolute Gasteiger partial charge is 0.497 e. The van der Waals surface area contributed by atoms with Crippen LogP contribution in [0.3, 0.4) is 0 Å². The molecule has 6 heteroatoms. The molecule has 1 aromatic rings. The first kappa shape index (κ1) is 18.9. The number of carbonyl (C=O) groups is 2. The summed E-state index contributed by atoms with van der Waals surface area (Å²) in [5, 5.41) is 10.2. The first-order valence-corrected chi connectivity index (χ1v) is 9.28. The molecule has 2 fully saturated rings. The average Bonchev–Trinajstić information content (AvgIpc) is 2.87. The lowest BCUT2D eigenvalue weighted by molar-refractivity contribution is -0.144. The molecule has 1 aromatic carbocycles. The number of hydrogen-bond donors (Lipinski definition) is 1. The Morgan fingerprint density at radius 1 is 1.15 bits per heavy atom. The predicted molar refractivity (Wildman–Crippen MR) is 95.5 cm³/mol. The van der Waals surface area contributed by atoms with Crippen LogP contribution >= 0.6 is 0 Å². The van der Waals surface area contributed by atoms with Gasteiger partial charge in [-0.15, -0.1) is 0 Å². The van der Waals surface area contributed by atoms with Crippen molar-refractivity contribution in [2.45, 2.75) is 51.2 Å². The van der Waals surface area contributed by atoms with Gasteiger partial charge >= 0.3 is 0 Å². The van der Waals surface area contributed by atoms with E-state index in [1.807, 2.05) is 24.3 Å². The highest BCUT2D eigenvalue weighted by atomic mass is 16.5. The van der Waals surface area contributed by atoms with Crippen LogP contribution in [0.1, 0.15) is 44.1 Å². The maximum Gasteiger partial charge on any atom is 0.235 e. The fourth-order valence-corrected chi connectivity index (χ4v) is 3.96. The lowest BCUT2D eigenvalue weighted by atomic mass is 9.73. The second-order valence-electron chi connectivity index (χ2n) is 7.34. The van der Waals surface area contributed by atoms with Crippen LogP contribution in [-0.4, -0.2) is 48.2 Å². The van der Waals surface area contributed by atoms with E-state index in [2.05, 4.69) is 0 Å². The van der Waals surface area contributed by atoms with Crippen LogP contribution in [0.5, 0.6) is 5.75 Å². The smallest absolute Gasteiger partial charge is 0.235 e. The third-order valence-electron chi connectivity index (χ3n) is 5.43. The van der Waals surface area contributed by atoms with Gasteiger partial charge in [-0.1, -0.05) is 31.4 Å². The Labute approximate surface area is 154 Å². The molecule has 3 rings (SSSR count). The fourth-order valence-electron chi connectivity index (χ4n) is 3.96. The molecule has 0 radical (unpaired) electrons. The quantitative estimate of drug-likeness (QED) is 0.754. The number of amides is 2. The average molecular weight is 361 g/mol. The maximum atomic E-state index is 12.7. The third kappa shape index (κ3) is 4.07. The van der Waals surface area contributed by atoms with Gasteiger partial charge in [-0.2, -0.15) is 0 Å². The molecule has 0 aromatic heterocycles. The van der Waals surface area contributed by atoms with Crippen molar-refractivity contribution in [3.63, 3.8) is 0 Å². The maximum absolute atomic E-state index is 12.7. The van der Waals surface area contributed by atoms with Gasteiger partial charge in [0.05, 0.1) is 38.4 Å². The van der Waals surface area contributed by atoms with Crippen LogP contribution in [0.25, 0.3) is 0 Å². The number of methoxy groups -OCH3 is 1. The molecule has 2 aliphatic rings. The topological polar surface area (TPSA) is 76.1 Å². The minimum absolute atomic E-state index is 0.0159. The van der Waals surface area contributed by atoms with Gasteiger partial charge in [-0.3, -0.25) is 14.5 Å². The molecule has 6 nitrogen and oxygen atoms in total. The number of aliphatic hydroxyl groups is 1. The zero-order valence-electron chi connectivity index (χ0n) is 15.3. The van der Waals surface area contributed by atoms with E-state index in [1.165, 1.54) is 4.90 Å². The Balaban J connectivity index is 1.47. The second kappa shape index (κ2) is 8.18. The number of rotatable bonds is 7. The van der Waals surface area contributed by atoms with Crippen molar-refractivity contribution < 1.29 is 24.2 Å². The molecule has 1 aliphatic heterocycles. The van der Waals surface area contributed by atoms with Gasteiger partial charge in [0, 0.05) is 6.42 Å². The summed E-state index contributed by atoms with van der Waals surface area (Å²) in [6.07, 6.45) is 4.13. The molecule has 142 valence electrons. The van der Waals surface area contributed by atoms with Crippen LogP contribution in [0.4, 0.5) is 0 Å². The summed E-state index contributed by atoms with van der Waals surface area (Å²) in [6.45, 7) is 0.449. The Kier molecular flexibility index (Phi) is 5.94. The Bertz CT molecular complexity index is 636. The zero-order valence-corrected chi connectivity index (χ0v) is 15.3. The first-order chi connectivity index (χ1) is 12.5. The van der Waals surface area contributed by atoms with Crippen LogP contribution in [0.15, 0.2) is 24.3 Å². The summed E-state index contributed by atoms with van der Waals surface area (Å²) in [7, 11) is 1.61. The van der Waals surface area contributed by atoms with Crippen molar-refractivity contribution in [1.82, 2.24) is 4.90 Å². The third-order valence-corrected chi connectivity index (χ3v) is 5.43. The lowest BCUT2D eigenvalue weighted by Gasteiger charge is -2.30. The Morgan fingerprint density at radius 2 is 1.85 bits per heavy atom. The van der Waals surface area contributed by atoms with Crippen molar-refractivity contribution in [3.05, 3.63) is 29.8 Å². The molecular weight excluding hydrogens is 334 g/mol. The molecule has 1 heterocycles. The van der Waals surface area contributed by atoms with Crippen molar-refractivity contribution in [3.8, 4) is 5.75 Å². The summed E-state index contributed by atoms with van der Waals surface area (Å²) in [6, 6.07) is 7.48. The van der Waals surface area contributed by atoms with E-state index in [0.717, 1.165) is 43.4 Å². The lowest BCUT2D eigenvalue weighted by Crippen LogP contribution is -2.42. The first-order valence-electron chi connectivity index (χ1n) is 9.28. The van der Waals surface area contributed by atoms with Crippen LogP contribution in [0.2, 0.25) is 0 Å². The van der Waals surface area contributed by atoms with Crippen molar-refractivity contribution in [2.75, 3.05) is 20.3 Å². The second-order valence-corrected chi connectivity index (χ2v) is 7.34. The number of likely N-dealkylation sites (tertiary alicyclic amines) is 1. The Morgan fingerprint density at radius 3 is 2.50 bits per heavy atom. The molecule has 26 heavy (non-hydrogen) atoms. The van der Waals surface area contributed by atoms with Gasteiger partial charge in [0.15, 0.2) is 0 Å². The van der Waals surface area contributed by atoms with Crippen LogP contribution in [-0.2, 0) is 20.9 Å².